The monoisotopic (exact) mass is 313 g/mol. The summed E-state index contributed by atoms with van der Waals surface area (Å²) in [6, 6.07) is 6.25. The number of ether oxygens (including phenoxy) is 1. The summed E-state index contributed by atoms with van der Waals surface area (Å²) < 4.78 is 6.27. The average molecular weight is 314 g/mol. The van der Waals surface area contributed by atoms with Crippen molar-refractivity contribution in [2.45, 2.75) is 6.17 Å². The fourth-order valence-electron chi connectivity index (χ4n) is 2.35. The number of hydrogen-bond acceptors (Lipinski definition) is 4. The molecule has 2 N–H and O–H groups in total. The van der Waals surface area contributed by atoms with Crippen LogP contribution in [0.25, 0.3) is 0 Å². The third kappa shape index (κ3) is 3.03. The van der Waals surface area contributed by atoms with E-state index in [0.29, 0.717) is 0 Å². The van der Waals surface area contributed by atoms with Crippen LogP contribution >= 0.6 is 15.9 Å². The second-order valence-corrected chi connectivity index (χ2v) is 5.23. The number of nitrogens with zero attached hydrogens (tertiary/aromatic N) is 1. The molecule has 2 rings (SSSR count). The Hall–Kier alpha value is -0.620. The van der Waals surface area contributed by atoms with Gasteiger partial charge in [-0.1, -0.05) is 6.07 Å². The Morgan fingerprint density at radius 2 is 2.11 bits per heavy atom. The van der Waals surface area contributed by atoms with Crippen LogP contribution in [0.15, 0.2) is 22.7 Å². The summed E-state index contributed by atoms with van der Waals surface area (Å²) in [7, 11) is 3.69. The highest BCUT2D eigenvalue weighted by atomic mass is 79.9. The second-order valence-electron chi connectivity index (χ2n) is 4.37. The first-order chi connectivity index (χ1) is 8.76. The summed E-state index contributed by atoms with van der Waals surface area (Å²) in [6.45, 7) is 4.23. The number of hydrogen-bond donors (Lipinski definition) is 2. The Labute approximate surface area is 117 Å². The molecule has 0 aliphatic carbocycles. The molecule has 1 saturated heterocycles. The maximum atomic E-state index is 5.27. The molecule has 100 valence electrons. The van der Waals surface area contributed by atoms with Crippen molar-refractivity contribution in [3.63, 3.8) is 0 Å². The number of piperazine rings is 1. The molecule has 0 saturated carbocycles. The molecule has 5 heteroatoms. The molecule has 4 nitrogen and oxygen atoms in total. The van der Waals surface area contributed by atoms with E-state index in [9.17, 15) is 0 Å². The number of methoxy groups -OCH3 is 1. The van der Waals surface area contributed by atoms with Crippen molar-refractivity contribution in [3.05, 3.63) is 28.2 Å². The third-order valence-corrected chi connectivity index (χ3v) is 3.90. The first-order valence-electron chi connectivity index (χ1n) is 6.21. The van der Waals surface area contributed by atoms with Gasteiger partial charge in [-0.3, -0.25) is 4.90 Å². The lowest BCUT2D eigenvalue weighted by molar-refractivity contribution is 0.153. The zero-order valence-corrected chi connectivity index (χ0v) is 12.5. The van der Waals surface area contributed by atoms with Crippen LogP contribution in [0.5, 0.6) is 5.75 Å². The van der Waals surface area contributed by atoms with Gasteiger partial charge in [0.05, 0.1) is 17.7 Å². The zero-order chi connectivity index (χ0) is 13.0. The molecule has 0 bridgehead atoms. The smallest absolute Gasteiger partial charge is 0.133 e. The van der Waals surface area contributed by atoms with Gasteiger partial charge in [-0.2, -0.15) is 0 Å². The van der Waals surface area contributed by atoms with E-state index >= 15 is 0 Å². The molecule has 18 heavy (non-hydrogen) atoms. The van der Waals surface area contributed by atoms with Gasteiger partial charge >= 0.3 is 0 Å². The largest absolute Gasteiger partial charge is 0.496 e. The molecule has 1 aromatic rings. The van der Waals surface area contributed by atoms with Crippen molar-refractivity contribution in [2.75, 3.05) is 40.3 Å². The second kappa shape index (κ2) is 6.52. The molecular weight excluding hydrogens is 294 g/mol. The van der Waals surface area contributed by atoms with Gasteiger partial charge in [0, 0.05) is 26.2 Å². The van der Waals surface area contributed by atoms with Crippen molar-refractivity contribution in [1.82, 2.24) is 15.5 Å². The summed E-state index contributed by atoms with van der Waals surface area (Å²) in [4.78, 5) is 2.45. The number of rotatable bonds is 4. The van der Waals surface area contributed by atoms with Gasteiger partial charge in [0.15, 0.2) is 0 Å². The third-order valence-electron chi connectivity index (χ3n) is 3.28. The Morgan fingerprint density at radius 3 is 2.67 bits per heavy atom. The van der Waals surface area contributed by atoms with E-state index in [1.807, 2.05) is 13.1 Å². The molecule has 1 aliphatic heterocycles. The van der Waals surface area contributed by atoms with E-state index < -0.39 is 0 Å². The highest BCUT2D eigenvalue weighted by Gasteiger charge is 2.21. The molecule has 0 aromatic heterocycles. The molecule has 1 fully saturated rings. The maximum Gasteiger partial charge on any atom is 0.133 e. The lowest BCUT2D eigenvalue weighted by atomic mass is 10.1. The number of nitrogens with one attached hydrogen (secondary N) is 2. The minimum atomic E-state index is 0.259. The minimum absolute atomic E-state index is 0.259. The van der Waals surface area contributed by atoms with Crippen LogP contribution in [0, 0.1) is 0 Å². The van der Waals surface area contributed by atoms with Crippen LogP contribution in [0.1, 0.15) is 11.7 Å². The van der Waals surface area contributed by atoms with E-state index in [4.69, 9.17) is 4.74 Å². The van der Waals surface area contributed by atoms with Crippen LogP contribution < -0.4 is 15.4 Å². The van der Waals surface area contributed by atoms with Gasteiger partial charge in [-0.25, -0.2) is 0 Å². The molecule has 1 atom stereocenters. The molecule has 1 aliphatic rings. The van der Waals surface area contributed by atoms with Crippen molar-refractivity contribution < 1.29 is 4.74 Å². The predicted octanol–water partition coefficient (Wildman–Crippen LogP) is 1.58. The summed E-state index contributed by atoms with van der Waals surface area (Å²) in [5.74, 6) is 0.869. The van der Waals surface area contributed by atoms with E-state index in [2.05, 4.69) is 43.6 Å². The van der Waals surface area contributed by atoms with E-state index in [1.165, 1.54) is 5.56 Å². The van der Waals surface area contributed by atoms with E-state index in [-0.39, 0.29) is 6.17 Å². The van der Waals surface area contributed by atoms with Gasteiger partial charge in [-0.15, -0.1) is 0 Å². The highest BCUT2D eigenvalue weighted by Crippen LogP contribution is 2.29. The summed E-state index contributed by atoms with van der Waals surface area (Å²) in [6.07, 6.45) is 0.259. The SMILES string of the molecule is CNC(c1ccc(OC)c(Br)c1)N1CCNCC1. The maximum absolute atomic E-state index is 5.27. The van der Waals surface area contributed by atoms with Gasteiger partial charge in [-0.05, 0) is 40.7 Å². The predicted molar refractivity (Wildman–Crippen MR) is 76.9 cm³/mol. The summed E-state index contributed by atoms with van der Waals surface area (Å²) >= 11 is 3.55. The van der Waals surface area contributed by atoms with Crippen molar-refractivity contribution in [3.8, 4) is 5.75 Å². The molecular formula is C13H20BrN3O. The topological polar surface area (TPSA) is 36.5 Å². The summed E-state index contributed by atoms with van der Waals surface area (Å²) in [5.41, 5.74) is 1.26. The van der Waals surface area contributed by atoms with Crippen LogP contribution in [-0.2, 0) is 0 Å². The van der Waals surface area contributed by atoms with Crippen LogP contribution in [-0.4, -0.2) is 45.2 Å². The van der Waals surface area contributed by atoms with E-state index in [0.717, 1.165) is 36.4 Å². The Balaban J connectivity index is 2.18. The zero-order valence-electron chi connectivity index (χ0n) is 10.9. The molecule has 0 amide bonds. The lowest BCUT2D eigenvalue weighted by Crippen LogP contribution is -2.48. The van der Waals surface area contributed by atoms with Gasteiger partial charge in [0.25, 0.3) is 0 Å². The standard InChI is InChI=1S/C13H20BrN3O/c1-15-13(17-7-5-16-6-8-17)10-3-4-12(18-2)11(14)9-10/h3-4,9,13,15-16H,5-8H2,1-2H3. The Bertz CT molecular complexity index is 394. The quantitative estimate of drug-likeness (QED) is 0.885. The van der Waals surface area contributed by atoms with Crippen LogP contribution in [0.4, 0.5) is 0 Å². The molecule has 1 heterocycles. The minimum Gasteiger partial charge on any atom is -0.496 e. The van der Waals surface area contributed by atoms with Gasteiger partial charge in [0.1, 0.15) is 5.75 Å². The van der Waals surface area contributed by atoms with Crippen LogP contribution in [0.3, 0.4) is 0 Å². The van der Waals surface area contributed by atoms with Crippen molar-refractivity contribution in [1.29, 1.82) is 0 Å². The molecule has 0 radical (unpaired) electrons. The number of halogens is 1. The lowest BCUT2D eigenvalue weighted by Gasteiger charge is -2.35. The van der Waals surface area contributed by atoms with Crippen molar-refractivity contribution >= 4 is 15.9 Å². The Morgan fingerprint density at radius 1 is 1.39 bits per heavy atom. The fraction of sp³-hybridized carbons (Fsp3) is 0.538. The highest BCUT2D eigenvalue weighted by molar-refractivity contribution is 9.10. The normalized spacial score (nSPS) is 18.6. The molecule has 1 unspecified atom stereocenters. The number of benzene rings is 1. The van der Waals surface area contributed by atoms with Crippen LogP contribution in [0.2, 0.25) is 0 Å². The molecule has 0 spiro atoms. The Kier molecular flexibility index (Phi) is 5.00. The summed E-state index contributed by atoms with van der Waals surface area (Å²) in [5, 5.41) is 6.77. The van der Waals surface area contributed by atoms with Gasteiger partial charge in [0.2, 0.25) is 0 Å². The van der Waals surface area contributed by atoms with Gasteiger partial charge < -0.3 is 15.4 Å². The average Bonchev–Trinajstić information content (AvgIpc) is 2.41. The first-order valence-corrected chi connectivity index (χ1v) is 7.01. The fourth-order valence-corrected chi connectivity index (χ4v) is 2.91. The van der Waals surface area contributed by atoms with E-state index in [1.54, 1.807) is 7.11 Å². The molecule has 1 aromatic carbocycles. The van der Waals surface area contributed by atoms with Crippen molar-refractivity contribution in [2.24, 2.45) is 0 Å². The first kappa shape index (κ1) is 13.8.